The summed E-state index contributed by atoms with van der Waals surface area (Å²) >= 11 is 0. The third kappa shape index (κ3) is 3.07. The fourth-order valence-electron chi connectivity index (χ4n) is 4.30. The molecule has 3 atom stereocenters. The second-order valence-corrected chi connectivity index (χ2v) is 6.81. The molecule has 0 aromatic carbocycles. The zero-order chi connectivity index (χ0) is 14.8. The van der Waals surface area contributed by atoms with Crippen LogP contribution < -0.4 is 0 Å². The first-order valence-electron chi connectivity index (χ1n) is 8.42. The van der Waals surface area contributed by atoms with Crippen LogP contribution in [0, 0.1) is 11.8 Å². The molecule has 2 heterocycles. The van der Waals surface area contributed by atoms with Gasteiger partial charge >= 0.3 is 5.97 Å². The lowest BCUT2D eigenvalue weighted by atomic mass is 9.78. The molecular weight excluding hydrogens is 268 g/mol. The van der Waals surface area contributed by atoms with Crippen LogP contribution in [0.15, 0.2) is 0 Å². The van der Waals surface area contributed by atoms with Gasteiger partial charge in [-0.15, -0.1) is 0 Å². The van der Waals surface area contributed by atoms with Crippen LogP contribution in [0.4, 0.5) is 0 Å². The summed E-state index contributed by atoms with van der Waals surface area (Å²) in [5, 5.41) is 9.35. The molecule has 118 valence electrons. The van der Waals surface area contributed by atoms with E-state index in [-0.39, 0.29) is 11.8 Å². The number of hydrogen-bond donors (Lipinski definition) is 1. The van der Waals surface area contributed by atoms with Crippen molar-refractivity contribution in [3.8, 4) is 0 Å². The minimum atomic E-state index is -0.789. The maximum absolute atomic E-state index is 12.7. The smallest absolute Gasteiger partial charge is 0.307 e. The van der Waals surface area contributed by atoms with E-state index in [1.807, 2.05) is 4.90 Å². The van der Waals surface area contributed by atoms with E-state index in [0.29, 0.717) is 12.5 Å². The number of likely N-dealkylation sites (tertiary alicyclic amines) is 2. The molecule has 1 unspecified atom stereocenters. The first kappa shape index (κ1) is 14.8. The molecule has 3 fully saturated rings. The highest BCUT2D eigenvalue weighted by Crippen LogP contribution is 2.33. The topological polar surface area (TPSA) is 60.9 Å². The monoisotopic (exact) mass is 294 g/mol. The van der Waals surface area contributed by atoms with Crippen LogP contribution >= 0.6 is 0 Å². The largest absolute Gasteiger partial charge is 0.481 e. The van der Waals surface area contributed by atoms with Crippen molar-refractivity contribution in [2.45, 2.75) is 51.0 Å². The summed E-state index contributed by atoms with van der Waals surface area (Å²) in [7, 11) is 0. The summed E-state index contributed by atoms with van der Waals surface area (Å²) in [5.74, 6) is -1.43. The molecular formula is C16H26N2O3. The normalized spacial score (nSPS) is 34.3. The molecule has 0 spiro atoms. The lowest BCUT2D eigenvalue weighted by Crippen LogP contribution is -2.43. The Kier molecular flexibility index (Phi) is 4.48. The van der Waals surface area contributed by atoms with E-state index in [1.54, 1.807) is 0 Å². The number of carboxylic acid groups (broad SMARTS) is 1. The Morgan fingerprint density at radius 2 is 1.52 bits per heavy atom. The van der Waals surface area contributed by atoms with Crippen molar-refractivity contribution < 1.29 is 14.7 Å². The standard InChI is InChI=1S/C16H26N2O3/c19-15(13-5-1-2-6-14(13)16(20)21)18-10-7-12(11-18)17-8-3-4-9-17/h12-14H,1-11H2,(H,20,21)/t12?,13-,14+/m1/s1. The molecule has 3 rings (SSSR count). The highest BCUT2D eigenvalue weighted by atomic mass is 16.4. The molecule has 5 nitrogen and oxygen atoms in total. The molecule has 5 heteroatoms. The van der Waals surface area contributed by atoms with E-state index >= 15 is 0 Å². The average Bonchev–Trinajstić information content (AvgIpc) is 3.17. The van der Waals surface area contributed by atoms with Gasteiger partial charge in [-0.25, -0.2) is 0 Å². The minimum absolute atomic E-state index is 0.101. The number of nitrogens with zero attached hydrogens (tertiary/aromatic N) is 2. The Hall–Kier alpha value is -1.10. The summed E-state index contributed by atoms with van der Waals surface area (Å²) in [4.78, 5) is 28.5. The van der Waals surface area contributed by atoms with Crippen LogP contribution in [0.1, 0.15) is 44.9 Å². The predicted molar refractivity (Wildman–Crippen MR) is 78.9 cm³/mol. The number of carboxylic acids is 1. The number of amides is 1. The van der Waals surface area contributed by atoms with Crippen molar-refractivity contribution in [2.75, 3.05) is 26.2 Å². The van der Waals surface area contributed by atoms with Crippen molar-refractivity contribution >= 4 is 11.9 Å². The summed E-state index contributed by atoms with van der Waals surface area (Å²) < 4.78 is 0. The quantitative estimate of drug-likeness (QED) is 0.858. The third-order valence-electron chi connectivity index (χ3n) is 5.53. The van der Waals surface area contributed by atoms with Gasteiger partial charge in [0.2, 0.25) is 5.91 Å². The summed E-state index contributed by atoms with van der Waals surface area (Å²) in [6, 6.07) is 0.503. The van der Waals surface area contributed by atoms with Crippen molar-refractivity contribution in [1.29, 1.82) is 0 Å². The van der Waals surface area contributed by atoms with E-state index in [9.17, 15) is 14.7 Å². The molecule has 1 saturated carbocycles. The zero-order valence-corrected chi connectivity index (χ0v) is 12.7. The van der Waals surface area contributed by atoms with Crippen LogP contribution in [0.2, 0.25) is 0 Å². The molecule has 2 aliphatic heterocycles. The molecule has 21 heavy (non-hydrogen) atoms. The van der Waals surface area contributed by atoms with Gasteiger partial charge in [0.15, 0.2) is 0 Å². The van der Waals surface area contributed by atoms with Gasteiger partial charge < -0.3 is 10.0 Å². The molecule has 2 saturated heterocycles. The second kappa shape index (κ2) is 6.34. The fraction of sp³-hybridized carbons (Fsp3) is 0.875. The highest BCUT2D eigenvalue weighted by Gasteiger charge is 2.40. The SMILES string of the molecule is O=C(O)[C@H]1CCCC[C@H]1C(=O)N1CCC(N2CCCC2)C1. The third-order valence-corrected chi connectivity index (χ3v) is 5.53. The van der Waals surface area contributed by atoms with Crippen molar-refractivity contribution in [2.24, 2.45) is 11.8 Å². The fourth-order valence-corrected chi connectivity index (χ4v) is 4.30. The van der Waals surface area contributed by atoms with Gasteiger partial charge in [-0.05, 0) is 45.2 Å². The first-order chi connectivity index (χ1) is 10.2. The van der Waals surface area contributed by atoms with E-state index in [4.69, 9.17) is 0 Å². The summed E-state index contributed by atoms with van der Waals surface area (Å²) in [6.45, 7) is 3.94. The maximum Gasteiger partial charge on any atom is 0.307 e. The van der Waals surface area contributed by atoms with Gasteiger partial charge in [0.1, 0.15) is 0 Å². The molecule has 1 aliphatic carbocycles. The number of rotatable bonds is 3. The van der Waals surface area contributed by atoms with Gasteiger partial charge in [-0.2, -0.15) is 0 Å². The molecule has 0 aromatic heterocycles. The van der Waals surface area contributed by atoms with Gasteiger partial charge in [-0.3, -0.25) is 14.5 Å². The van der Waals surface area contributed by atoms with Gasteiger partial charge in [-0.1, -0.05) is 12.8 Å². The first-order valence-corrected chi connectivity index (χ1v) is 8.42. The van der Waals surface area contributed by atoms with Crippen LogP contribution in [0.25, 0.3) is 0 Å². The van der Waals surface area contributed by atoms with Crippen LogP contribution in [0.3, 0.4) is 0 Å². The molecule has 0 radical (unpaired) electrons. The second-order valence-electron chi connectivity index (χ2n) is 6.81. The van der Waals surface area contributed by atoms with Crippen molar-refractivity contribution in [3.05, 3.63) is 0 Å². The lowest BCUT2D eigenvalue weighted by molar-refractivity contribution is -0.152. The lowest BCUT2D eigenvalue weighted by Gasteiger charge is -2.31. The summed E-state index contributed by atoms with van der Waals surface area (Å²) in [6.07, 6.45) is 6.94. The molecule has 0 bridgehead atoms. The number of carbonyl (C=O) groups is 2. The Balaban J connectivity index is 1.60. The molecule has 0 aromatic rings. The zero-order valence-electron chi connectivity index (χ0n) is 12.7. The number of aliphatic carboxylic acids is 1. The minimum Gasteiger partial charge on any atom is -0.481 e. The van der Waals surface area contributed by atoms with Crippen LogP contribution in [0.5, 0.6) is 0 Å². The molecule has 1 N–H and O–H groups in total. The van der Waals surface area contributed by atoms with Crippen molar-refractivity contribution in [1.82, 2.24) is 9.80 Å². The van der Waals surface area contributed by atoms with E-state index in [2.05, 4.69) is 4.90 Å². The predicted octanol–water partition coefficient (Wildman–Crippen LogP) is 1.57. The Bertz CT molecular complexity index is 406. The maximum atomic E-state index is 12.7. The van der Waals surface area contributed by atoms with E-state index in [0.717, 1.165) is 51.9 Å². The Morgan fingerprint density at radius 3 is 2.19 bits per heavy atom. The average molecular weight is 294 g/mol. The van der Waals surface area contributed by atoms with Gasteiger partial charge in [0, 0.05) is 19.1 Å². The van der Waals surface area contributed by atoms with Crippen molar-refractivity contribution in [3.63, 3.8) is 0 Å². The van der Waals surface area contributed by atoms with Gasteiger partial charge in [0.05, 0.1) is 11.8 Å². The van der Waals surface area contributed by atoms with Crippen LogP contribution in [-0.4, -0.2) is 59.0 Å². The van der Waals surface area contributed by atoms with E-state index in [1.165, 1.54) is 12.8 Å². The Labute approximate surface area is 126 Å². The highest BCUT2D eigenvalue weighted by molar-refractivity contribution is 5.85. The van der Waals surface area contributed by atoms with E-state index < -0.39 is 11.9 Å². The van der Waals surface area contributed by atoms with Crippen LogP contribution in [-0.2, 0) is 9.59 Å². The number of carbonyl (C=O) groups excluding carboxylic acids is 1. The molecule has 1 amide bonds. The van der Waals surface area contributed by atoms with Gasteiger partial charge in [0.25, 0.3) is 0 Å². The molecule has 3 aliphatic rings. The Morgan fingerprint density at radius 1 is 0.857 bits per heavy atom. The number of hydrogen-bond acceptors (Lipinski definition) is 3. The summed E-state index contributed by atoms with van der Waals surface area (Å²) in [5.41, 5.74) is 0.